The van der Waals surface area contributed by atoms with Gasteiger partial charge in [0.05, 0.1) is 4.90 Å². The maximum absolute atomic E-state index is 13.4. The quantitative estimate of drug-likeness (QED) is 0.725. The number of aromatic nitrogens is 2. The third kappa shape index (κ3) is 3.49. The third-order valence-electron chi connectivity index (χ3n) is 3.85. The van der Waals surface area contributed by atoms with E-state index in [4.69, 9.17) is 5.14 Å². The van der Waals surface area contributed by atoms with Crippen LogP contribution in [0.4, 0.5) is 13.2 Å². The zero-order chi connectivity index (χ0) is 19.1. The number of benzene rings is 2. The van der Waals surface area contributed by atoms with Crippen molar-refractivity contribution in [2.75, 3.05) is 0 Å². The van der Waals surface area contributed by atoms with E-state index in [2.05, 4.69) is 10.2 Å². The topological polar surface area (TPSA) is 88.8 Å². The largest absolute Gasteiger partial charge is 0.433 e. The summed E-state index contributed by atoms with van der Waals surface area (Å²) in [6.07, 6.45) is -4.62. The van der Waals surface area contributed by atoms with Crippen molar-refractivity contribution in [1.29, 1.82) is 0 Å². The summed E-state index contributed by atoms with van der Waals surface area (Å²) < 4.78 is 62.9. The van der Waals surface area contributed by atoms with Gasteiger partial charge in [-0.3, -0.25) is 5.10 Å². The number of alkyl halides is 3. The van der Waals surface area contributed by atoms with E-state index in [9.17, 15) is 21.6 Å². The lowest BCUT2D eigenvalue weighted by Gasteiger charge is -2.10. The minimum atomic E-state index is -4.62. The highest BCUT2D eigenvalue weighted by molar-refractivity contribution is 7.89. The molecule has 0 aliphatic heterocycles. The van der Waals surface area contributed by atoms with Crippen molar-refractivity contribution in [3.05, 3.63) is 59.8 Å². The van der Waals surface area contributed by atoms with Crippen molar-refractivity contribution < 1.29 is 21.6 Å². The van der Waals surface area contributed by atoms with Crippen LogP contribution in [0.25, 0.3) is 22.4 Å². The molecular weight excluding hydrogens is 367 g/mol. The number of sulfonamides is 1. The van der Waals surface area contributed by atoms with Crippen molar-refractivity contribution in [2.24, 2.45) is 5.14 Å². The van der Waals surface area contributed by atoms with Gasteiger partial charge in [0.1, 0.15) is 11.4 Å². The van der Waals surface area contributed by atoms with Crippen LogP contribution in [0.1, 0.15) is 11.3 Å². The van der Waals surface area contributed by atoms with E-state index < -0.39 is 21.9 Å². The van der Waals surface area contributed by atoms with Crippen LogP contribution in [0.3, 0.4) is 0 Å². The minimum Gasteiger partial charge on any atom is -0.272 e. The molecule has 5 nitrogen and oxygen atoms in total. The molecular formula is C17H14F3N3O2S. The average molecular weight is 381 g/mol. The number of nitrogens with zero attached hydrogens (tertiary/aromatic N) is 1. The standard InChI is InChI=1S/C17H14F3N3O2S/c1-10-2-4-11(5-3-10)14-15(22-23-16(14)17(18,19)20)12-6-8-13(9-7-12)26(21,24)25/h2-9H,1H3,(H,22,23)(H2,21,24,25). The molecule has 0 atom stereocenters. The van der Waals surface area contributed by atoms with Gasteiger partial charge in [0, 0.05) is 11.1 Å². The molecule has 3 aromatic rings. The van der Waals surface area contributed by atoms with Gasteiger partial charge in [-0.1, -0.05) is 42.0 Å². The molecule has 0 amide bonds. The zero-order valence-electron chi connectivity index (χ0n) is 13.5. The number of primary sulfonamides is 1. The van der Waals surface area contributed by atoms with Crippen LogP contribution in [-0.2, 0) is 16.2 Å². The molecule has 1 aromatic heterocycles. The van der Waals surface area contributed by atoms with Gasteiger partial charge in [-0.2, -0.15) is 18.3 Å². The number of halogens is 3. The second-order valence-electron chi connectivity index (χ2n) is 5.76. The van der Waals surface area contributed by atoms with Gasteiger partial charge in [-0.05, 0) is 24.6 Å². The summed E-state index contributed by atoms with van der Waals surface area (Å²) in [5.74, 6) is 0. The Bertz CT molecular complexity index is 1040. The van der Waals surface area contributed by atoms with E-state index >= 15 is 0 Å². The number of H-pyrrole nitrogens is 1. The molecule has 0 saturated carbocycles. The van der Waals surface area contributed by atoms with Crippen molar-refractivity contribution in [3.63, 3.8) is 0 Å². The number of hydrogen-bond acceptors (Lipinski definition) is 3. The maximum Gasteiger partial charge on any atom is 0.433 e. The lowest BCUT2D eigenvalue weighted by molar-refractivity contribution is -0.140. The van der Waals surface area contributed by atoms with Crippen LogP contribution >= 0.6 is 0 Å². The molecule has 0 saturated heterocycles. The van der Waals surface area contributed by atoms with Crippen LogP contribution < -0.4 is 5.14 Å². The molecule has 3 N–H and O–H groups in total. The SMILES string of the molecule is Cc1ccc(-c2c(-c3ccc(S(N)(=O)=O)cc3)n[nH]c2C(F)(F)F)cc1. The number of aromatic amines is 1. The monoisotopic (exact) mass is 381 g/mol. The third-order valence-corrected chi connectivity index (χ3v) is 4.78. The summed E-state index contributed by atoms with van der Waals surface area (Å²) in [7, 11) is -3.90. The fraction of sp³-hybridized carbons (Fsp3) is 0.118. The molecule has 0 bridgehead atoms. The highest BCUT2D eigenvalue weighted by atomic mass is 32.2. The fourth-order valence-corrected chi connectivity index (χ4v) is 3.08. The highest BCUT2D eigenvalue weighted by Gasteiger charge is 2.38. The Kier molecular flexibility index (Phi) is 4.37. The van der Waals surface area contributed by atoms with Gasteiger partial charge in [-0.15, -0.1) is 0 Å². The van der Waals surface area contributed by atoms with Crippen molar-refractivity contribution in [3.8, 4) is 22.4 Å². The molecule has 0 unspecified atom stereocenters. The van der Waals surface area contributed by atoms with Gasteiger partial charge in [-0.25, -0.2) is 13.6 Å². The van der Waals surface area contributed by atoms with Crippen LogP contribution in [0.2, 0.25) is 0 Å². The van der Waals surface area contributed by atoms with E-state index in [0.717, 1.165) is 5.56 Å². The first-order valence-corrected chi connectivity index (χ1v) is 8.98. The summed E-state index contributed by atoms with van der Waals surface area (Å²) in [5.41, 5.74) is 0.599. The van der Waals surface area contributed by atoms with E-state index in [1.54, 1.807) is 24.3 Å². The first kappa shape index (κ1) is 18.2. The molecule has 9 heteroatoms. The summed E-state index contributed by atoms with van der Waals surface area (Å²) >= 11 is 0. The lowest BCUT2D eigenvalue weighted by Crippen LogP contribution is -2.11. The van der Waals surface area contributed by atoms with Crippen LogP contribution in [0, 0.1) is 6.92 Å². The second kappa shape index (κ2) is 6.26. The van der Waals surface area contributed by atoms with E-state index in [1.165, 1.54) is 24.3 Å². The van der Waals surface area contributed by atoms with Gasteiger partial charge < -0.3 is 0 Å². The molecule has 2 aromatic carbocycles. The molecule has 0 radical (unpaired) electrons. The summed E-state index contributed by atoms with van der Waals surface area (Å²) in [4.78, 5) is -0.135. The van der Waals surface area contributed by atoms with E-state index in [-0.39, 0.29) is 16.2 Å². The van der Waals surface area contributed by atoms with Gasteiger partial charge in [0.25, 0.3) is 0 Å². The number of rotatable bonds is 3. The average Bonchev–Trinajstić information content (AvgIpc) is 3.00. The zero-order valence-corrected chi connectivity index (χ0v) is 14.3. The number of nitrogens with two attached hydrogens (primary N) is 1. The molecule has 0 aliphatic carbocycles. The Balaban J connectivity index is 2.19. The van der Waals surface area contributed by atoms with Crippen molar-refractivity contribution in [1.82, 2.24) is 10.2 Å². The number of hydrogen-bond donors (Lipinski definition) is 2. The fourth-order valence-electron chi connectivity index (χ4n) is 2.56. The van der Waals surface area contributed by atoms with Crippen LogP contribution in [0.15, 0.2) is 53.4 Å². The Morgan fingerprint density at radius 2 is 1.50 bits per heavy atom. The Morgan fingerprint density at radius 3 is 2.00 bits per heavy atom. The summed E-state index contributed by atoms with van der Waals surface area (Å²) in [6.45, 7) is 1.83. The normalized spacial score (nSPS) is 12.3. The smallest absolute Gasteiger partial charge is 0.272 e. The molecule has 0 aliphatic rings. The Hall–Kier alpha value is -2.65. The van der Waals surface area contributed by atoms with E-state index in [1.807, 2.05) is 6.92 Å². The van der Waals surface area contributed by atoms with E-state index in [0.29, 0.717) is 11.1 Å². The molecule has 3 rings (SSSR count). The number of nitrogens with one attached hydrogen (secondary N) is 1. The predicted molar refractivity (Wildman–Crippen MR) is 90.6 cm³/mol. The minimum absolute atomic E-state index is 0.0714. The summed E-state index contributed by atoms with van der Waals surface area (Å²) in [5, 5.41) is 10.9. The Morgan fingerprint density at radius 1 is 0.962 bits per heavy atom. The molecule has 26 heavy (non-hydrogen) atoms. The molecule has 136 valence electrons. The first-order chi connectivity index (χ1) is 12.1. The van der Waals surface area contributed by atoms with Crippen LogP contribution in [0.5, 0.6) is 0 Å². The second-order valence-corrected chi connectivity index (χ2v) is 7.32. The molecule has 0 spiro atoms. The number of aryl methyl sites for hydroxylation is 1. The predicted octanol–water partition coefficient (Wildman–Crippen LogP) is 3.72. The van der Waals surface area contributed by atoms with Gasteiger partial charge in [0.2, 0.25) is 10.0 Å². The highest BCUT2D eigenvalue weighted by Crippen LogP contribution is 2.41. The lowest BCUT2D eigenvalue weighted by atomic mass is 9.98. The Labute approximate surface area is 147 Å². The first-order valence-electron chi connectivity index (χ1n) is 7.43. The molecule has 0 fully saturated rings. The van der Waals surface area contributed by atoms with Gasteiger partial charge in [0.15, 0.2) is 0 Å². The summed E-state index contributed by atoms with van der Waals surface area (Å²) in [6, 6.07) is 11.8. The van der Waals surface area contributed by atoms with Crippen LogP contribution in [-0.4, -0.2) is 18.6 Å². The van der Waals surface area contributed by atoms with Crippen molar-refractivity contribution in [2.45, 2.75) is 18.0 Å². The van der Waals surface area contributed by atoms with Crippen molar-refractivity contribution >= 4 is 10.0 Å². The molecule has 1 heterocycles. The van der Waals surface area contributed by atoms with Gasteiger partial charge >= 0.3 is 6.18 Å². The maximum atomic E-state index is 13.4.